The van der Waals surface area contributed by atoms with E-state index in [1.54, 1.807) is 0 Å². The third kappa shape index (κ3) is 2.67. The molecule has 1 fully saturated rings. The van der Waals surface area contributed by atoms with Crippen LogP contribution >= 0.6 is 0 Å². The lowest BCUT2D eigenvalue weighted by Crippen LogP contribution is -2.39. The number of aliphatic hydroxyl groups excluding tert-OH is 1. The summed E-state index contributed by atoms with van der Waals surface area (Å²) < 4.78 is 37.3. The molecule has 1 heterocycles. The van der Waals surface area contributed by atoms with Crippen LogP contribution in [-0.4, -0.2) is 23.8 Å². The Hall–Kier alpha value is -1.07. The summed E-state index contributed by atoms with van der Waals surface area (Å²) in [5.41, 5.74) is -0.0670. The molecule has 0 aromatic heterocycles. The van der Waals surface area contributed by atoms with Crippen molar-refractivity contribution >= 4 is 0 Å². The van der Waals surface area contributed by atoms with Crippen LogP contribution in [0.5, 0.6) is 0 Å². The topological polar surface area (TPSA) is 32.3 Å². The predicted octanol–water partition coefficient (Wildman–Crippen LogP) is 2.53. The first-order chi connectivity index (χ1) is 8.34. The molecule has 1 aliphatic heterocycles. The maximum atomic E-state index is 12.4. The molecule has 2 unspecified atom stereocenters. The van der Waals surface area contributed by atoms with E-state index >= 15 is 0 Å². The molecule has 1 aliphatic rings. The molecule has 0 amide bonds. The summed E-state index contributed by atoms with van der Waals surface area (Å²) in [5, 5.41) is 12.4. The van der Waals surface area contributed by atoms with Crippen molar-refractivity contribution in [3.8, 4) is 0 Å². The molecule has 2 N–H and O–H groups in total. The number of aliphatic hydroxyl groups is 1. The number of hydrogen-bond donors (Lipinski definition) is 2. The minimum absolute atomic E-state index is 0.0319. The zero-order valence-corrected chi connectivity index (χ0v) is 10.1. The standard InChI is InChI=1S/C13H16F3NO/c1-12(8-18)6-10(7-17-12)9-2-4-11(5-3-9)13(14,15)16/h2-5,10,17-18H,6-8H2,1H3. The van der Waals surface area contributed by atoms with Crippen LogP contribution in [0.1, 0.15) is 30.4 Å². The normalized spacial score (nSPS) is 28.6. The fourth-order valence-electron chi connectivity index (χ4n) is 2.36. The van der Waals surface area contributed by atoms with Crippen molar-refractivity contribution in [3.63, 3.8) is 0 Å². The van der Waals surface area contributed by atoms with Gasteiger partial charge in [0.05, 0.1) is 12.2 Å². The molecule has 1 saturated heterocycles. The van der Waals surface area contributed by atoms with Crippen LogP contribution < -0.4 is 5.32 Å². The maximum absolute atomic E-state index is 12.4. The zero-order chi connectivity index (χ0) is 13.4. The molecule has 0 bridgehead atoms. The Balaban J connectivity index is 2.12. The Kier molecular flexibility index (Phi) is 3.38. The van der Waals surface area contributed by atoms with Gasteiger partial charge in [0.2, 0.25) is 0 Å². The summed E-state index contributed by atoms with van der Waals surface area (Å²) in [5.74, 6) is 0.157. The van der Waals surface area contributed by atoms with E-state index in [9.17, 15) is 18.3 Å². The van der Waals surface area contributed by atoms with E-state index in [2.05, 4.69) is 5.32 Å². The molecule has 2 atom stereocenters. The Morgan fingerprint density at radius 2 is 1.94 bits per heavy atom. The third-order valence-electron chi connectivity index (χ3n) is 3.53. The average molecular weight is 259 g/mol. The van der Waals surface area contributed by atoms with Crippen molar-refractivity contribution in [3.05, 3.63) is 35.4 Å². The lowest BCUT2D eigenvalue weighted by molar-refractivity contribution is -0.137. The number of halogens is 3. The minimum atomic E-state index is -4.29. The largest absolute Gasteiger partial charge is 0.416 e. The highest BCUT2D eigenvalue weighted by atomic mass is 19.4. The van der Waals surface area contributed by atoms with Gasteiger partial charge in [-0.15, -0.1) is 0 Å². The first-order valence-corrected chi connectivity index (χ1v) is 5.87. The summed E-state index contributed by atoms with van der Waals surface area (Å²) >= 11 is 0. The number of hydrogen-bond acceptors (Lipinski definition) is 2. The number of alkyl halides is 3. The van der Waals surface area contributed by atoms with Gasteiger partial charge >= 0.3 is 6.18 Å². The van der Waals surface area contributed by atoms with E-state index in [4.69, 9.17) is 0 Å². The van der Waals surface area contributed by atoms with Gasteiger partial charge in [-0.2, -0.15) is 13.2 Å². The molecule has 0 saturated carbocycles. The van der Waals surface area contributed by atoms with Crippen LogP contribution in [-0.2, 0) is 6.18 Å². The molecular formula is C13H16F3NO. The number of rotatable bonds is 2. The fourth-order valence-corrected chi connectivity index (χ4v) is 2.36. The lowest BCUT2D eigenvalue weighted by atomic mass is 9.90. The van der Waals surface area contributed by atoms with Crippen LogP contribution in [0.4, 0.5) is 13.2 Å². The zero-order valence-electron chi connectivity index (χ0n) is 10.1. The van der Waals surface area contributed by atoms with E-state index in [0.29, 0.717) is 6.54 Å². The molecular weight excluding hydrogens is 243 g/mol. The first-order valence-electron chi connectivity index (χ1n) is 5.87. The van der Waals surface area contributed by atoms with Gasteiger partial charge < -0.3 is 10.4 Å². The van der Waals surface area contributed by atoms with Gasteiger partial charge in [0, 0.05) is 12.1 Å². The van der Waals surface area contributed by atoms with E-state index in [1.807, 2.05) is 6.92 Å². The smallest absolute Gasteiger partial charge is 0.394 e. The van der Waals surface area contributed by atoms with Crippen molar-refractivity contribution < 1.29 is 18.3 Å². The molecule has 1 aromatic rings. The van der Waals surface area contributed by atoms with Gasteiger partial charge in [-0.3, -0.25) is 0 Å². The van der Waals surface area contributed by atoms with Gasteiger partial charge in [-0.1, -0.05) is 12.1 Å². The summed E-state index contributed by atoms with van der Waals surface area (Å²) in [4.78, 5) is 0. The van der Waals surface area contributed by atoms with Crippen molar-refractivity contribution in [1.82, 2.24) is 5.32 Å². The highest BCUT2D eigenvalue weighted by Gasteiger charge is 2.35. The van der Waals surface area contributed by atoms with Crippen molar-refractivity contribution in [2.75, 3.05) is 13.2 Å². The quantitative estimate of drug-likeness (QED) is 0.855. The Labute approximate surface area is 104 Å². The summed E-state index contributed by atoms with van der Waals surface area (Å²) in [7, 11) is 0. The number of nitrogens with one attached hydrogen (secondary N) is 1. The van der Waals surface area contributed by atoms with E-state index < -0.39 is 11.7 Å². The van der Waals surface area contributed by atoms with Gasteiger partial charge in [-0.05, 0) is 37.0 Å². The molecule has 0 aliphatic carbocycles. The molecule has 2 rings (SSSR count). The predicted molar refractivity (Wildman–Crippen MR) is 62.3 cm³/mol. The number of benzene rings is 1. The average Bonchev–Trinajstić information content (AvgIpc) is 2.72. The SMILES string of the molecule is CC1(CO)CC(c2ccc(C(F)(F)F)cc2)CN1. The highest BCUT2D eigenvalue weighted by Crippen LogP contribution is 2.34. The molecule has 0 spiro atoms. The van der Waals surface area contributed by atoms with Gasteiger partial charge in [0.1, 0.15) is 0 Å². The highest BCUT2D eigenvalue weighted by molar-refractivity contribution is 5.28. The molecule has 1 aromatic carbocycles. The van der Waals surface area contributed by atoms with Crippen LogP contribution in [0.15, 0.2) is 24.3 Å². The second-order valence-corrected chi connectivity index (χ2v) is 5.12. The van der Waals surface area contributed by atoms with Gasteiger partial charge in [-0.25, -0.2) is 0 Å². The van der Waals surface area contributed by atoms with E-state index in [-0.39, 0.29) is 18.1 Å². The second kappa shape index (κ2) is 4.55. The Morgan fingerprint density at radius 3 is 2.39 bits per heavy atom. The summed E-state index contributed by atoms with van der Waals surface area (Å²) in [6.07, 6.45) is -3.55. The van der Waals surface area contributed by atoms with E-state index in [1.165, 1.54) is 12.1 Å². The van der Waals surface area contributed by atoms with Crippen molar-refractivity contribution in [2.24, 2.45) is 0 Å². The monoisotopic (exact) mass is 259 g/mol. The van der Waals surface area contributed by atoms with Crippen LogP contribution in [0, 0.1) is 0 Å². The lowest BCUT2D eigenvalue weighted by Gasteiger charge is -2.21. The molecule has 100 valence electrons. The molecule has 18 heavy (non-hydrogen) atoms. The molecule has 5 heteroatoms. The van der Waals surface area contributed by atoms with Crippen LogP contribution in [0.25, 0.3) is 0 Å². The third-order valence-corrected chi connectivity index (χ3v) is 3.53. The van der Waals surface area contributed by atoms with Gasteiger partial charge in [0.15, 0.2) is 0 Å². The fraction of sp³-hybridized carbons (Fsp3) is 0.538. The molecule has 2 nitrogen and oxygen atoms in total. The van der Waals surface area contributed by atoms with E-state index in [0.717, 1.165) is 24.1 Å². The van der Waals surface area contributed by atoms with Crippen LogP contribution in [0.3, 0.4) is 0 Å². The van der Waals surface area contributed by atoms with Crippen LogP contribution in [0.2, 0.25) is 0 Å². The second-order valence-electron chi connectivity index (χ2n) is 5.12. The maximum Gasteiger partial charge on any atom is 0.416 e. The summed E-state index contributed by atoms with van der Waals surface area (Å²) in [6, 6.07) is 5.28. The Morgan fingerprint density at radius 1 is 1.33 bits per heavy atom. The van der Waals surface area contributed by atoms with Crippen molar-refractivity contribution in [1.29, 1.82) is 0 Å². The molecule has 0 radical (unpaired) electrons. The minimum Gasteiger partial charge on any atom is -0.394 e. The first kappa shape index (κ1) is 13.4. The summed E-state index contributed by atoms with van der Waals surface area (Å²) in [6.45, 7) is 2.63. The van der Waals surface area contributed by atoms with Gasteiger partial charge in [0.25, 0.3) is 0 Å². The van der Waals surface area contributed by atoms with Crippen molar-refractivity contribution in [2.45, 2.75) is 31.0 Å². The Bertz CT molecular complexity index is 415.